The highest BCUT2D eigenvalue weighted by Gasteiger charge is 2.17. The van der Waals surface area contributed by atoms with Crippen LogP contribution >= 0.6 is 11.8 Å². The largest absolute Gasteiger partial charge is 0.478 e. The number of carbonyl (C=O) groups excluding carboxylic acids is 1. The minimum Gasteiger partial charge on any atom is -0.478 e. The Kier molecular flexibility index (Phi) is 6.51. The second-order valence-electron chi connectivity index (χ2n) is 4.56. The van der Waals surface area contributed by atoms with E-state index in [1.54, 1.807) is 13.0 Å². The summed E-state index contributed by atoms with van der Waals surface area (Å²) < 4.78 is 0. The number of carboxylic acid groups (broad SMARTS) is 1. The second kappa shape index (κ2) is 7.89. The average Bonchev–Trinajstić information content (AvgIpc) is 2.35. The van der Waals surface area contributed by atoms with E-state index < -0.39 is 5.97 Å². The number of nitrogens with zero attached hydrogens (tertiary/aromatic N) is 1. The number of carboxylic acids is 1. The number of thioether (sulfide) groups is 1. The molecule has 0 bridgehead atoms. The Hall–Kier alpha value is -1.56. The Morgan fingerprint density at radius 1 is 1.40 bits per heavy atom. The summed E-state index contributed by atoms with van der Waals surface area (Å²) in [7, 11) is 0. The van der Waals surface area contributed by atoms with Crippen molar-refractivity contribution in [2.45, 2.75) is 38.6 Å². The Bertz CT molecular complexity index is 503. The van der Waals surface area contributed by atoms with Crippen LogP contribution in [-0.4, -0.2) is 34.3 Å². The molecule has 20 heavy (non-hydrogen) atoms. The van der Waals surface area contributed by atoms with E-state index in [2.05, 4.69) is 17.2 Å². The molecule has 0 unspecified atom stereocenters. The molecule has 0 radical (unpaired) electrons. The van der Waals surface area contributed by atoms with Crippen LogP contribution < -0.4 is 5.32 Å². The molecule has 1 aromatic heterocycles. The summed E-state index contributed by atoms with van der Waals surface area (Å²) in [5.74, 6) is -0.926. The van der Waals surface area contributed by atoms with Crippen molar-refractivity contribution in [3.05, 3.63) is 22.9 Å². The maximum atomic E-state index is 11.6. The molecule has 0 saturated carbocycles. The molecule has 5 nitrogen and oxygen atoms in total. The van der Waals surface area contributed by atoms with Crippen molar-refractivity contribution < 1.29 is 14.7 Å². The standard InChI is InChI=1S/C14H20N2O3S/c1-4-5-6-15-11(17)8-20-13-12(14(18)19)9(2)7-10(3)16-13/h7H,4-6,8H2,1-3H3,(H,15,17)(H,18,19). The fraction of sp³-hybridized carbons (Fsp3) is 0.500. The lowest BCUT2D eigenvalue weighted by molar-refractivity contribution is -0.118. The van der Waals surface area contributed by atoms with Gasteiger partial charge in [0.1, 0.15) is 5.03 Å². The van der Waals surface area contributed by atoms with Crippen LogP contribution in [0.3, 0.4) is 0 Å². The molecule has 110 valence electrons. The van der Waals surface area contributed by atoms with Crippen LogP contribution in [0.2, 0.25) is 0 Å². The lowest BCUT2D eigenvalue weighted by Crippen LogP contribution is -2.26. The molecule has 2 N–H and O–H groups in total. The van der Waals surface area contributed by atoms with Crippen LogP contribution in [0.25, 0.3) is 0 Å². The highest BCUT2D eigenvalue weighted by atomic mass is 32.2. The third-order valence-corrected chi connectivity index (χ3v) is 3.69. The smallest absolute Gasteiger partial charge is 0.338 e. The van der Waals surface area contributed by atoms with Crippen LogP contribution in [0.1, 0.15) is 41.4 Å². The van der Waals surface area contributed by atoms with E-state index in [0.29, 0.717) is 17.1 Å². The van der Waals surface area contributed by atoms with Gasteiger partial charge in [0, 0.05) is 12.2 Å². The normalized spacial score (nSPS) is 10.3. The van der Waals surface area contributed by atoms with E-state index in [1.807, 2.05) is 6.92 Å². The number of hydrogen-bond donors (Lipinski definition) is 2. The summed E-state index contributed by atoms with van der Waals surface area (Å²) in [6.07, 6.45) is 1.97. The van der Waals surface area contributed by atoms with Gasteiger partial charge in [-0.25, -0.2) is 9.78 Å². The molecule has 0 saturated heterocycles. The lowest BCUT2D eigenvalue weighted by atomic mass is 10.1. The summed E-state index contributed by atoms with van der Waals surface area (Å²) in [5, 5.41) is 12.4. The van der Waals surface area contributed by atoms with Gasteiger partial charge in [-0.3, -0.25) is 4.79 Å². The van der Waals surface area contributed by atoms with E-state index in [4.69, 9.17) is 0 Å². The molecule has 6 heteroatoms. The maximum Gasteiger partial charge on any atom is 0.338 e. The van der Waals surface area contributed by atoms with Gasteiger partial charge in [0.2, 0.25) is 5.91 Å². The Balaban J connectivity index is 2.72. The van der Waals surface area contributed by atoms with Crippen LogP contribution in [0.4, 0.5) is 0 Å². The van der Waals surface area contributed by atoms with Gasteiger partial charge in [0.05, 0.1) is 11.3 Å². The van der Waals surface area contributed by atoms with E-state index in [-0.39, 0.29) is 17.2 Å². The molecule has 0 aliphatic carbocycles. The van der Waals surface area contributed by atoms with Gasteiger partial charge in [-0.15, -0.1) is 0 Å². The number of carbonyl (C=O) groups is 2. The van der Waals surface area contributed by atoms with Crippen LogP contribution in [0.15, 0.2) is 11.1 Å². The maximum absolute atomic E-state index is 11.6. The molecule has 0 aliphatic rings. The van der Waals surface area contributed by atoms with Crippen molar-refractivity contribution in [2.75, 3.05) is 12.3 Å². The monoisotopic (exact) mass is 296 g/mol. The summed E-state index contributed by atoms with van der Waals surface area (Å²) in [5.41, 5.74) is 1.60. The van der Waals surface area contributed by atoms with E-state index in [0.717, 1.165) is 18.5 Å². The number of aromatic carboxylic acids is 1. The number of aryl methyl sites for hydroxylation is 2. The fourth-order valence-corrected chi connectivity index (χ4v) is 2.73. The highest BCUT2D eigenvalue weighted by molar-refractivity contribution is 8.00. The Morgan fingerprint density at radius 2 is 2.10 bits per heavy atom. The zero-order valence-electron chi connectivity index (χ0n) is 12.0. The van der Waals surface area contributed by atoms with Crippen molar-refractivity contribution in [3.63, 3.8) is 0 Å². The number of aromatic nitrogens is 1. The molecular weight excluding hydrogens is 276 g/mol. The van der Waals surface area contributed by atoms with Gasteiger partial charge >= 0.3 is 5.97 Å². The minimum atomic E-state index is -1.01. The van der Waals surface area contributed by atoms with Gasteiger partial charge in [0.15, 0.2) is 0 Å². The fourth-order valence-electron chi connectivity index (χ4n) is 1.76. The number of pyridine rings is 1. The number of nitrogens with one attached hydrogen (secondary N) is 1. The third kappa shape index (κ3) is 4.85. The van der Waals surface area contributed by atoms with Gasteiger partial charge in [-0.2, -0.15) is 0 Å². The Morgan fingerprint density at radius 3 is 2.70 bits per heavy atom. The summed E-state index contributed by atoms with van der Waals surface area (Å²) in [6.45, 7) is 6.26. The lowest BCUT2D eigenvalue weighted by Gasteiger charge is -2.09. The Labute approximate surface area is 123 Å². The average molecular weight is 296 g/mol. The topological polar surface area (TPSA) is 79.3 Å². The molecule has 0 atom stereocenters. The van der Waals surface area contributed by atoms with Gasteiger partial charge in [0.25, 0.3) is 0 Å². The first-order chi connectivity index (χ1) is 9.45. The van der Waals surface area contributed by atoms with Crippen LogP contribution in [0.5, 0.6) is 0 Å². The summed E-state index contributed by atoms with van der Waals surface area (Å²) >= 11 is 1.17. The zero-order chi connectivity index (χ0) is 15.1. The van der Waals surface area contributed by atoms with Gasteiger partial charge in [-0.1, -0.05) is 25.1 Å². The molecule has 1 rings (SSSR count). The molecule has 1 amide bonds. The first kappa shape index (κ1) is 16.5. The SMILES string of the molecule is CCCCNC(=O)CSc1nc(C)cc(C)c1C(=O)O. The summed E-state index contributed by atoms with van der Waals surface area (Å²) in [4.78, 5) is 27.1. The second-order valence-corrected chi connectivity index (χ2v) is 5.52. The van der Waals surface area contributed by atoms with Crippen LogP contribution in [0, 0.1) is 13.8 Å². The minimum absolute atomic E-state index is 0.0965. The highest BCUT2D eigenvalue weighted by Crippen LogP contribution is 2.24. The van der Waals surface area contributed by atoms with E-state index in [1.165, 1.54) is 11.8 Å². The predicted molar refractivity (Wildman–Crippen MR) is 79.3 cm³/mol. The third-order valence-electron chi connectivity index (χ3n) is 2.72. The molecule has 1 aromatic rings. The van der Waals surface area contributed by atoms with Gasteiger partial charge in [-0.05, 0) is 31.9 Å². The van der Waals surface area contributed by atoms with Gasteiger partial charge < -0.3 is 10.4 Å². The quantitative estimate of drug-likeness (QED) is 0.596. The van der Waals surface area contributed by atoms with Crippen molar-refractivity contribution in [3.8, 4) is 0 Å². The van der Waals surface area contributed by atoms with E-state index in [9.17, 15) is 14.7 Å². The van der Waals surface area contributed by atoms with Crippen molar-refractivity contribution >= 4 is 23.6 Å². The van der Waals surface area contributed by atoms with Crippen molar-refractivity contribution in [1.29, 1.82) is 0 Å². The molecule has 0 spiro atoms. The number of hydrogen-bond acceptors (Lipinski definition) is 4. The molecular formula is C14H20N2O3S. The molecule has 0 aliphatic heterocycles. The predicted octanol–water partition coefficient (Wildman–Crippen LogP) is 2.41. The number of unbranched alkanes of at least 4 members (excludes halogenated alkanes) is 1. The molecule has 1 heterocycles. The zero-order valence-corrected chi connectivity index (χ0v) is 12.8. The van der Waals surface area contributed by atoms with Crippen LogP contribution in [-0.2, 0) is 4.79 Å². The van der Waals surface area contributed by atoms with E-state index >= 15 is 0 Å². The molecule has 0 fully saturated rings. The first-order valence-electron chi connectivity index (χ1n) is 6.56. The first-order valence-corrected chi connectivity index (χ1v) is 7.55. The molecule has 0 aromatic carbocycles. The number of rotatable bonds is 7. The number of amides is 1. The van der Waals surface area contributed by atoms with Crippen molar-refractivity contribution in [2.24, 2.45) is 0 Å². The summed E-state index contributed by atoms with van der Waals surface area (Å²) in [6, 6.07) is 1.73. The van der Waals surface area contributed by atoms with Crippen molar-refractivity contribution in [1.82, 2.24) is 10.3 Å².